The fraction of sp³-hybridized carbons (Fsp3) is 0.300. The van der Waals surface area contributed by atoms with Gasteiger partial charge in [0.1, 0.15) is 0 Å². The van der Waals surface area contributed by atoms with Crippen molar-refractivity contribution in [1.29, 1.82) is 0 Å². The first-order valence-corrected chi connectivity index (χ1v) is 5.57. The van der Waals surface area contributed by atoms with E-state index >= 15 is 0 Å². The second-order valence-corrected chi connectivity index (χ2v) is 4.27. The fourth-order valence-electron chi connectivity index (χ4n) is 1.05. The number of aliphatic hydroxyl groups excluding tert-OH is 2. The first kappa shape index (κ1) is 12.8. The van der Waals surface area contributed by atoms with Crippen LogP contribution in [0, 0.1) is 0 Å². The predicted molar refractivity (Wildman–Crippen MR) is 61.6 cm³/mol. The van der Waals surface area contributed by atoms with Gasteiger partial charge >= 0.3 is 5.97 Å². The third-order valence-corrected chi connectivity index (χ3v) is 3.13. The minimum absolute atomic E-state index is 0.129. The first-order valence-electron chi connectivity index (χ1n) is 4.59. The molecule has 0 amide bonds. The van der Waals surface area contributed by atoms with E-state index in [1.165, 1.54) is 23.9 Å². The molecule has 0 aromatic heterocycles. The first-order chi connectivity index (χ1) is 7.54. The smallest absolute Gasteiger partial charge is 0.335 e. The molecule has 1 aromatic carbocycles. The Morgan fingerprint density at radius 1 is 1.50 bits per heavy atom. The molecule has 0 heterocycles. The summed E-state index contributed by atoms with van der Waals surface area (Å²) in [5, 5.41) is 26.5. The van der Waals surface area contributed by atoms with E-state index in [1.807, 2.05) is 0 Å². The zero-order chi connectivity index (χ0) is 12.1. The van der Waals surface area contributed by atoms with Crippen molar-refractivity contribution in [3.8, 4) is 0 Å². The maximum Gasteiger partial charge on any atom is 0.335 e. The Kier molecular flexibility index (Phi) is 4.60. The van der Waals surface area contributed by atoms with Gasteiger partial charge in [-0.05, 0) is 18.2 Å². The minimum atomic E-state index is -1.03. The molecule has 1 unspecified atom stereocenters. The topological polar surface area (TPSA) is 104 Å². The number of hydrogen-bond donors (Lipinski definition) is 4. The molecule has 0 spiro atoms. The Morgan fingerprint density at radius 3 is 2.69 bits per heavy atom. The van der Waals surface area contributed by atoms with E-state index in [-0.39, 0.29) is 12.2 Å². The van der Waals surface area contributed by atoms with E-state index in [4.69, 9.17) is 21.1 Å². The summed E-state index contributed by atoms with van der Waals surface area (Å²) in [6.07, 6.45) is -0.802. The van der Waals surface area contributed by atoms with Gasteiger partial charge in [0, 0.05) is 16.3 Å². The maximum atomic E-state index is 10.6. The predicted octanol–water partition coefficient (Wildman–Crippen LogP) is 0.412. The van der Waals surface area contributed by atoms with Crippen LogP contribution in [-0.4, -0.2) is 39.8 Å². The van der Waals surface area contributed by atoms with E-state index in [1.54, 1.807) is 6.07 Å². The normalized spacial score (nSPS) is 12.4. The van der Waals surface area contributed by atoms with E-state index in [0.717, 1.165) is 0 Å². The number of thioether (sulfide) groups is 1. The van der Waals surface area contributed by atoms with Gasteiger partial charge in [0.15, 0.2) is 0 Å². The fourth-order valence-corrected chi connectivity index (χ4v) is 1.92. The van der Waals surface area contributed by atoms with Gasteiger partial charge in [0.05, 0.1) is 18.3 Å². The van der Waals surface area contributed by atoms with Crippen molar-refractivity contribution in [3.05, 3.63) is 23.8 Å². The molecule has 88 valence electrons. The SMILES string of the molecule is Nc1cc(C(=O)O)ccc1SCC(O)CO. The summed E-state index contributed by atoms with van der Waals surface area (Å²) in [6, 6.07) is 4.41. The van der Waals surface area contributed by atoms with Crippen LogP contribution < -0.4 is 5.73 Å². The molecule has 0 aliphatic carbocycles. The zero-order valence-corrected chi connectivity index (χ0v) is 9.28. The Bertz CT molecular complexity index is 383. The van der Waals surface area contributed by atoms with Gasteiger partial charge in [-0.25, -0.2) is 4.79 Å². The standard InChI is InChI=1S/C10H13NO4S/c11-8-3-6(10(14)15)1-2-9(8)16-5-7(13)4-12/h1-3,7,12-13H,4-5,11H2,(H,14,15). The number of rotatable bonds is 5. The highest BCUT2D eigenvalue weighted by atomic mass is 32.2. The molecule has 6 heteroatoms. The highest BCUT2D eigenvalue weighted by Crippen LogP contribution is 2.26. The second kappa shape index (κ2) is 5.74. The van der Waals surface area contributed by atoms with Gasteiger partial charge in [-0.1, -0.05) is 0 Å². The van der Waals surface area contributed by atoms with Crippen molar-refractivity contribution in [2.24, 2.45) is 0 Å². The van der Waals surface area contributed by atoms with Gasteiger partial charge in [0.2, 0.25) is 0 Å². The number of carboxylic acid groups (broad SMARTS) is 1. The van der Waals surface area contributed by atoms with Crippen LogP contribution in [0.3, 0.4) is 0 Å². The Morgan fingerprint density at radius 2 is 2.19 bits per heavy atom. The van der Waals surface area contributed by atoms with E-state index < -0.39 is 12.1 Å². The molecule has 0 aliphatic heterocycles. The van der Waals surface area contributed by atoms with Crippen LogP contribution in [-0.2, 0) is 0 Å². The lowest BCUT2D eigenvalue weighted by molar-refractivity contribution is 0.0697. The molecular weight excluding hydrogens is 230 g/mol. The summed E-state index contributed by atoms with van der Waals surface area (Å²) in [7, 11) is 0. The molecule has 1 atom stereocenters. The van der Waals surface area contributed by atoms with Crippen molar-refractivity contribution >= 4 is 23.4 Å². The molecule has 1 rings (SSSR count). The van der Waals surface area contributed by atoms with Gasteiger partial charge in [-0.2, -0.15) is 0 Å². The molecule has 1 aromatic rings. The van der Waals surface area contributed by atoms with Crippen molar-refractivity contribution < 1.29 is 20.1 Å². The van der Waals surface area contributed by atoms with Crippen LogP contribution in [0.4, 0.5) is 5.69 Å². The minimum Gasteiger partial charge on any atom is -0.478 e. The third-order valence-electron chi connectivity index (χ3n) is 1.90. The lowest BCUT2D eigenvalue weighted by Gasteiger charge is -2.09. The Labute approximate surface area is 96.9 Å². The second-order valence-electron chi connectivity index (χ2n) is 3.21. The monoisotopic (exact) mass is 243 g/mol. The number of carbonyl (C=O) groups is 1. The maximum absolute atomic E-state index is 10.6. The molecule has 0 bridgehead atoms. The summed E-state index contributed by atoms with van der Waals surface area (Å²) in [5.74, 6) is -0.716. The molecule has 5 nitrogen and oxygen atoms in total. The third kappa shape index (κ3) is 3.41. The molecule has 16 heavy (non-hydrogen) atoms. The number of hydrogen-bond acceptors (Lipinski definition) is 5. The van der Waals surface area contributed by atoms with E-state index in [9.17, 15) is 4.79 Å². The summed E-state index contributed by atoms with van der Waals surface area (Å²) in [6.45, 7) is -0.305. The van der Waals surface area contributed by atoms with Crippen LogP contribution in [0.5, 0.6) is 0 Å². The summed E-state index contributed by atoms with van der Waals surface area (Å²) < 4.78 is 0. The number of nitrogen functional groups attached to an aromatic ring is 1. The van der Waals surface area contributed by atoms with Gasteiger partial charge in [-0.3, -0.25) is 0 Å². The highest BCUT2D eigenvalue weighted by molar-refractivity contribution is 7.99. The molecule has 0 aliphatic rings. The molecule has 0 fully saturated rings. The number of anilines is 1. The molecule has 5 N–H and O–H groups in total. The van der Waals surface area contributed by atoms with Gasteiger partial charge < -0.3 is 21.1 Å². The average Bonchev–Trinajstić information content (AvgIpc) is 2.26. The summed E-state index contributed by atoms with van der Waals surface area (Å²) >= 11 is 1.27. The van der Waals surface area contributed by atoms with Crippen molar-refractivity contribution in [2.75, 3.05) is 18.1 Å². The number of aromatic carboxylic acids is 1. The largest absolute Gasteiger partial charge is 0.478 e. The number of nitrogens with two attached hydrogens (primary N) is 1. The van der Waals surface area contributed by atoms with Gasteiger partial charge in [0.25, 0.3) is 0 Å². The van der Waals surface area contributed by atoms with Crippen LogP contribution in [0.1, 0.15) is 10.4 Å². The number of carboxylic acids is 1. The quantitative estimate of drug-likeness (QED) is 0.441. The van der Waals surface area contributed by atoms with E-state index in [0.29, 0.717) is 16.3 Å². The molecule has 0 radical (unpaired) electrons. The lowest BCUT2D eigenvalue weighted by Crippen LogP contribution is -2.14. The van der Waals surface area contributed by atoms with Crippen LogP contribution in [0.15, 0.2) is 23.1 Å². The van der Waals surface area contributed by atoms with Crippen molar-refractivity contribution in [1.82, 2.24) is 0 Å². The summed E-state index contributed by atoms with van der Waals surface area (Å²) in [4.78, 5) is 11.3. The Hall–Kier alpha value is -1.24. The van der Waals surface area contributed by atoms with Crippen LogP contribution >= 0.6 is 11.8 Å². The number of benzene rings is 1. The molecule has 0 saturated heterocycles. The zero-order valence-electron chi connectivity index (χ0n) is 8.46. The molecular formula is C10H13NO4S. The summed E-state index contributed by atoms with van der Waals surface area (Å²) in [5.41, 5.74) is 6.14. The lowest BCUT2D eigenvalue weighted by atomic mass is 10.2. The number of aliphatic hydroxyl groups is 2. The Balaban J connectivity index is 2.72. The highest BCUT2D eigenvalue weighted by Gasteiger charge is 2.08. The van der Waals surface area contributed by atoms with Crippen LogP contribution in [0.2, 0.25) is 0 Å². The van der Waals surface area contributed by atoms with Crippen molar-refractivity contribution in [3.63, 3.8) is 0 Å². The van der Waals surface area contributed by atoms with Crippen molar-refractivity contribution in [2.45, 2.75) is 11.0 Å². The average molecular weight is 243 g/mol. The van der Waals surface area contributed by atoms with Crippen LogP contribution in [0.25, 0.3) is 0 Å². The van der Waals surface area contributed by atoms with Gasteiger partial charge in [-0.15, -0.1) is 11.8 Å². The molecule has 0 saturated carbocycles. The van der Waals surface area contributed by atoms with E-state index in [2.05, 4.69) is 0 Å².